The van der Waals surface area contributed by atoms with Crippen molar-refractivity contribution in [1.29, 1.82) is 0 Å². The number of hydrogen-bond acceptors (Lipinski definition) is 2. The lowest BCUT2D eigenvalue weighted by molar-refractivity contribution is 0.112. The third kappa shape index (κ3) is 3.35. The monoisotopic (exact) mass is 309 g/mol. The zero-order chi connectivity index (χ0) is 13.0. The highest BCUT2D eigenvalue weighted by molar-refractivity contribution is 9.10. The molecule has 2 nitrogen and oxygen atoms in total. The minimum absolute atomic E-state index is 0.775. The Bertz CT molecular complexity index is 413. The van der Waals surface area contributed by atoms with Gasteiger partial charge in [0.2, 0.25) is 0 Å². The summed E-state index contributed by atoms with van der Waals surface area (Å²) in [4.78, 5) is 13.3. The molecule has 0 unspecified atom stereocenters. The quantitative estimate of drug-likeness (QED) is 0.774. The maximum absolute atomic E-state index is 11.1. The van der Waals surface area contributed by atoms with Gasteiger partial charge in [-0.25, -0.2) is 0 Å². The van der Waals surface area contributed by atoms with Crippen LogP contribution in [0.15, 0.2) is 22.7 Å². The van der Waals surface area contributed by atoms with Gasteiger partial charge in [-0.05, 0) is 37.0 Å². The lowest BCUT2D eigenvalue weighted by Gasteiger charge is -2.29. The van der Waals surface area contributed by atoms with Gasteiger partial charge in [-0.2, -0.15) is 0 Å². The van der Waals surface area contributed by atoms with Crippen LogP contribution in [0.5, 0.6) is 0 Å². The van der Waals surface area contributed by atoms with E-state index in [2.05, 4.69) is 27.9 Å². The van der Waals surface area contributed by atoms with E-state index in [1.165, 1.54) is 32.1 Å². The van der Waals surface area contributed by atoms with E-state index in [1.54, 1.807) is 0 Å². The number of rotatable bonds is 4. The Labute approximate surface area is 117 Å². The summed E-state index contributed by atoms with van der Waals surface area (Å²) in [6, 6.07) is 5.83. The molecule has 3 heteroatoms. The standard InChI is InChI=1S/C15H20BrNO/c1-17(10-12-5-3-2-4-6-12)15-9-14(16)8-7-13(15)11-18/h7-9,11-12H,2-6,10H2,1H3. The van der Waals surface area contributed by atoms with Gasteiger partial charge in [-0.3, -0.25) is 4.79 Å². The molecule has 1 saturated carbocycles. The highest BCUT2D eigenvalue weighted by Gasteiger charge is 2.17. The zero-order valence-corrected chi connectivity index (χ0v) is 12.4. The zero-order valence-electron chi connectivity index (χ0n) is 10.9. The first-order valence-electron chi connectivity index (χ1n) is 6.66. The summed E-state index contributed by atoms with van der Waals surface area (Å²) in [5, 5.41) is 0. The SMILES string of the molecule is CN(CC1CCCCC1)c1cc(Br)ccc1C=O. The first-order valence-corrected chi connectivity index (χ1v) is 7.46. The minimum atomic E-state index is 0.775. The van der Waals surface area contributed by atoms with Crippen molar-refractivity contribution in [3.63, 3.8) is 0 Å². The Morgan fingerprint density at radius 3 is 2.72 bits per heavy atom. The molecule has 1 aliphatic carbocycles. The fourth-order valence-electron chi connectivity index (χ4n) is 2.80. The molecule has 0 heterocycles. The number of nitrogens with zero attached hydrogens (tertiary/aromatic N) is 1. The first-order chi connectivity index (χ1) is 8.70. The summed E-state index contributed by atoms with van der Waals surface area (Å²) in [7, 11) is 2.09. The average molecular weight is 310 g/mol. The second-order valence-corrected chi connectivity index (χ2v) is 6.12. The summed E-state index contributed by atoms with van der Waals surface area (Å²) < 4.78 is 1.03. The Morgan fingerprint density at radius 2 is 2.06 bits per heavy atom. The van der Waals surface area contributed by atoms with Crippen LogP contribution in [0.2, 0.25) is 0 Å². The molecule has 98 valence electrons. The van der Waals surface area contributed by atoms with E-state index in [1.807, 2.05) is 18.2 Å². The molecule has 1 aliphatic rings. The maximum Gasteiger partial charge on any atom is 0.152 e. The third-order valence-electron chi connectivity index (χ3n) is 3.79. The molecule has 0 atom stereocenters. The predicted molar refractivity (Wildman–Crippen MR) is 79.4 cm³/mol. The second kappa shape index (κ2) is 6.37. The summed E-state index contributed by atoms with van der Waals surface area (Å²) in [5.41, 5.74) is 1.81. The van der Waals surface area contributed by atoms with Gasteiger partial charge in [0.15, 0.2) is 6.29 Å². The number of benzene rings is 1. The van der Waals surface area contributed by atoms with E-state index in [0.717, 1.165) is 34.5 Å². The van der Waals surface area contributed by atoms with E-state index in [9.17, 15) is 4.79 Å². The van der Waals surface area contributed by atoms with E-state index in [-0.39, 0.29) is 0 Å². The molecule has 0 radical (unpaired) electrons. The van der Waals surface area contributed by atoms with Crippen molar-refractivity contribution in [3.8, 4) is 0 Å². The van der Waals surface area contributed by atoms with E-state index in [0.29, 0.717) is 0 Å². The van der Waals surface area contributed by atoms with Crippen molar-refractivity contribution in [2.75, 3.05) is 18.5 Å². The lowest BCUT2D eigenvalue weighted by atomic mass is 9.89. The number of halogens is 1. The first kappa shape index (κ1) is 13.6. The van der Waals surface area contributed by atoms with Crippen LogP contribution in [0.4, 0.5) is 5.69 Å². The van der Waals surface area contributed by atoms with Crippen LogP contribution in [0.1, 0.15) is 42.5 Å². The normalized spacial score (nSPS) is 16.6. The van der Waals surface area contributed by atoms with Gasteiger partial charge in [-0.15, -0.1) is 0 Å². The van der Waals surface area contributed by atoms with Gasteiger partial charge >= 0.3 is 0 Å². The van der Waals surface area contributed by atoms with Gasteiger partial charge in [0, 0.05) is 29.3 Å². The smallest absolute Gasteiger partial charge is 0.152 e. The van der Waals surface area contributed by atoms with Gasteiger partial charge in [0.25, 0.3) is 0 Å². The molecule has 0 saturated heterocycles. The number of carbonyl (C=O) groups excluding carboxylic acids is 1. The average Bonchev–Trinajstić information content (AvgIpc) is 2.40. The van der Waals surface area contributed by atoms with Crippen LogP contribution in [0.3, 0.4) is 0 Å². The highest BCUT2D eigenvalue weighted by Crippen LogP contribution is 2.28. The minimum Gasteiger partial charge on any atom is -0.374 e. The fourth-order valence-corrected chi connectivity index (χ4v) is 3.15. The molecular formula is C15H20BrNO. The third-order valence-corrected chi connectivity index (χ3v) is 4.28. The molecule has 1 aromatic carbocycles. The van der Waals surface area contributed by atoms with Crippen molar-refractivity contribution >= 4 is 27.9 Å². The summed E-state index contributed by atoms with van der Waals surface area (Å²) in [6.07, 6.45) is 7.70. The molecule has 1 fully saturated rings. The van der Waals surface area contributed by atoms with Gasteiger partial charge in [0.1, 0.15) is 0 Å². The molecular weight excluding hydrogens is 290 g/mol. The molecule has 18 heavy (non-hydrogen) atoms. The molecule has 2 rings (SSSR count). The van der Waals surface area contributed by atoms with Crippen molar-refractivity contribution in [2.45, 2.75) is 32.1 Å². The molecule has 0 aromatic heterocycles. The lowest BCUT2D eigenvalue weighted by Crippen LogP contribution is -2.27. The molecule has 0 aliphatic heterocycles. The van der Waals surface area contributed by atoms with Crippen LogP contribution in [0.25, 0.3) is 0 Å². The summed E-state index contributed by atoms with van der Waals surface area (Å²) in [6.45, 7) is 1.05. The second-order valence-electron chi connectivity index (χ2n) is 5.21. The van der Waals surface area contributed by atoms with Gasteiger partial charge < -0.3 is 4.90 Å². The van der Waals surface area contributed by atoms with E-state index >= 15 is 0 Å². The summed E-state index contributed by atoms with van der Waals surface area (Å²) in [5.74, 6) is 0.780. The van der Waals surface area contributed by atoms with Crippen molar-refractivity contribution < 1.29 is 4.79 Å². The highest BCUT2D eigenvalue weighted by atomic mass is 79.9. The van der Waals surface area contributed by atoms with Crippen molar-refractivity contribution in [2.24, 2.45) is 5.92 Å². The van der Waals surface area contributed by atoms with Gasteiger partial charge in [0.05, 0.1) is 0 Å². The Balaban J connectivity index is 2.09. The van der Waals surface area contributed by atoms with Crippen molar-refractivity contribution in [1.82, 2.24) is 0 Å². The van der Waals surface area contributed by atoms with E-state index < -0.39 is 0 Å². The Kier molecular flexibility index (Phi) is 4.81. The van der Waals surface area contributed by atoms with Crippen LogP contribution in [-0.4, -0.2) is 19.9 Å². The Morgan fingerprint density at radius 1 is 1.33 bits per heavy atom. The predicted octanol–water partition coefficient (Wildman–Crippen LogP) is 4.28. The van der Waals surface area contributed by atoms with Crippen LogP contribution in [0, 0.1) is 5.92 Å². The van der Waals surface area contributed by atoms with Crippen LogP contribution in [-0.2, 0) is 0 Å². The van der Waals surface area contributed by atoms with Crippen LogP contribution >= 0.6 is 15.9 Å². The number of anilines is 1. The topological polar surface area (TPSA) is 20.3 Å². The maximum atomic E-state index is 11.1. The number of carbonyl (C=O) groups is 1. The largest absolute Gasteiger partial charge is 0.374 e. The molecule has 1 aromatic rings. The summed E-state index contributed by atoms with van der Waals surface area (Å²) >= 11 is 3.48. The van der Waals surface area contributed by atoms with E-state index in [4.69, 9.17) is 0 Å². The van der Waals surface area contributed by atoms with Crippen LogP contribution < -0.4 is 4.90 Å². The number of aldehydes is 1. The fraction of sp³-hybridized carbons (Fsp3) is 0.533. The molecule has 0 bridgehead atoms. The molecule has 0 spiro atoms. The molecule has 0 N–H and O–H groups in total. The molecule has 0 amide bonds. The Hall–Kier alpha value is -0.830. The number of hydrogen-bond donors (Lipinski definition) is 0. The van der Waals surface area contributed by atoms with Crippen molar-refractivity contribution in [3.05, 3.63) is 28.2 Å². The van der Waals surface area contributed by atoms with Gasteiger partial charge in [-0.1, -0.05) is 35.2 Å².